The van der Waals surface area contributed by atoms with Gasteiger partial charge in [0.05, 0.1) is 12.1 Å². The molecule has 8 heteroatoms. The van der Waals surface area contributed by atoms with Crippen LogP contribution in [0.25, 0.3) is 11.5 Å². The molecule has 1 N–H and O–H groups in total. The summed E-state index contributed by atoms with van der Waals surface area (Å²) in [4.78, 5) is 12.3. The van der Waals surface area contributed by atoms with Crippen molar-refractivity contribution in [3.63, 3.8) is 0 Å². The molecule has 0 aliphatic rings. The fourth-order valence-electron chi connectivity index (χ4n) is 2.22. The number of ether oxygens (including phenoxy) is 2. The van der Waals surface area contributed by atoms with Crippen molar-refractivity contribution in [1.29, 1.82) is 0 Å². The molecule has 0 saturated heterocycles. The maximum absolute atomic E-state index is 12.3. The molecule has 26 heavy (non-hydrogen) atoms. The SMILES string of the molecule is COc1ccc(NC(=O)[C@H](C)Oc2ccc(-c3nnco3)cc2)cc1Cl. The van der Waals surface area contributed by atoms with Crippen LogP contribution in [0.1, 0.15) is 6.92 Å². The third-order valence-electron chi connectivity index (χ3n) is 3.56. The van der Waals surface area contributed by atoms with Gasteiger partial charge >= 0.3 is 0 Å². The number of amides is 1. The van der Waals surface area contributed by atoms with Crippen LogP contribution < -0.4 is 14.8 Å². The molecule has 0 radical (unpaired) electrons. The number of carbonyl (C=O) groups is 1. The molecule has 0 unspecified atom stereocenters. The van der Waals surface area contributed by atoms with E-state index < -0.39 is 6.10 Å². The first-order chi connectivity index (χ1) is 12.6. The molecular weight excluding hydrogens is 358 g/mol. The van der Waals surface area contributed by atoms with Crippen molar-refractivity contribution in [1.82, 2.24) is 10.2 Å². The van der Waals surface area contributed by atoms with Gasteiger partial charge in [-0.3, -0.25) is 4.79 Å². The van der Waals surface area contributed by atoms with E-state index in [1.165, 1.54) is 13.5 Å². The van der Waals surface area contributed by atoms with Crippen LogP contribution in [0.2, 0.25) is 5.02 Å². The summed E-state index contributed by atoms with van der Waals surface area (Å²) in [6, 6.07) is 12.0. The van der Waals surface area contributed by atoms with Crippen molar-refractivity contribution in [2.45, 2.75) is 13.0 Å². The summed E-state index contributed by atoms with van der Waals surface area (Å²) >= 11 is 6.05. The van der Waals surface area contributed by atoms with Gasteiger partial charge in [-0.15, -0.1) is 10.2 Å². The topological polar surface area (TPSA) is 86.5 Å². The van der Waals surface area contributed by atoms with Crippen LogP contribution in [0, 0.1) is 0 Å². The Labute approximate surface area is 154 Å². The number of halogens is 1. The van der Waals surface area contributed by atoms with E-state index in [9.17, 15) is 4.79 Å². The molecule has 0 fully saturated rings. The summed E-state index contributed by atoms with van der Waals surface area (Å²) in [6.45, 7) is 1.66. The molecule has 2 aromatic carbocycles. The van der Waals surface area contributed by atoms with Crippen LogP contribution in [-0.4, -0.2) is 29.3 Å². The highest BCUT2D eigenvalue weighted by Crippen LogP contribution is 2.27. The lowest BCUT2D eigenvalue weighted by atomic mass is 10.2. The monoisotopic (exact) mass is 373 g/mol. The van der Waals surface area contributed by atoms with Crippen molar-refractivity contribution in [3.05, 3.63) is 53.9 Å². The van der Waals surface area contributed by atoms with Crippen LogP contribution in [0.15, 0.2) is 53.3 Å². The number of anilines is 1. The van der Waals surface area contributed by atoms with Crippen LogP contribution in [0.5, 0.6) is 11.5 Å². The second-order valence-electron chi connectivity index (χ2n) is 5.37. The minimum atomic E-state index is -0.704. The third-order valence-corrected chi connectivity index (χ3v) is 3.86. The first-order valence-electron chi connectivity index (χ1n) is 7.74. The molecule has 1 heterocycles. The zero-order chi connectivity index (χ0) is 18.5. The van der Waals surface area contributed by atoms with Gasteiger partial charge in [-0.05, 0) is 49.4 Å². The first-order valence-corrected chi connectivity index (χ1v) is 8.12. The summed E-state index contributed by atoms with van der Waals surface area (Å²) in [5.74, 6) is 1.20. The summed E-state index contributed by atoms with van der Waals surface area (Å²) in [6.07, 6.45) is 0.558. The average Bonchev–Trinajstić information content (AvgIpc) is 3.17. The third kappa shape index (κ3) is 4.12. The molecule has 1 aromatic heterocycles. The first kappa shape index (κ1) is 17.8. The van der Waals surface area contributed by atoms with Crippen LogP contribution in [-0.2, 0) is 4.79 Å². The van der Waals surface area contributed by atoms with E-state index in [1.54, 1.807) is 49.4 Å². The molecule has 134 valence electrons. The van der Waals surface area contributed by atoms with E-state index in [1.807, 2.05) is 0 Å². The summed E-state index contributed by atoms with van der Waals surface area (Å²) in [5, 5.41) is 10.6. The fraction of sp³-hybridized carbons (Fsp3) is 0.167. The van der Waals surface area contributed by atoms with Gasteiger partial charge in [0.25, 0.3) is 5.91 Å². The Kier molecular flexibility index (Phi) is 5.38. The molecule has 0 bridgehead atoms. The molecule has 3 rings (SSSR count). The van der Waals surface area contributed by atoms with Gasteiger partial charge in [0.2, 0.25) is 12.3 Å². The molecule has 1 atom stereocenters. The largest absolute Gasteiger partial charge is 0.495 e. The lowest BCUT2D eigenvalue weighted by molar-refractivity contribution is -0.122. The minimum absolute atomic E-state index is 0.299. The molecule has 7 nitrogen and oxygen atoms in total. The predicted molar refractivity (Wildman–Crippen MR) is 96.5 cm³/mol. The Morgan fingerprint density at radius 1 is 1.23 bits per heavy atom. The Balaban J connectivity index is 1.61. The summed E-state index contributed by atoms with van der Waals surface area (Å²) in [7, 11) is 1.53. The Morgan fingerprint density at radius 2 is 2.00 bits per heavy atom. The zero-order valence-corrected chi connectivity index (χ0v) is 14.9. The van der Waals surface area contributed by atoms with Crippen molar-refractivity contribution in [2.75, 3.05) is 12.4 Å². The second kappa shape index (κ2) is 7.88. The number of nitrogens with zero attached hydrogens (tertiary/aromatic N) is 2. The van der Waals surface area contributed by atoms with E-state index in [0.29, 0.717) is 28.1 Å². The van der Waals surface area contributed by atoms with Gasteiger partial charge < -0.3 is 19.2 Å². The molecular formula is C18H16ClN3O4. The molecule has 3 aromatic rings. The van der Waals surface area contributed by atoms with Gasteiger partial charge in [0, 0.05) is 11.3 Å². The van der Waals surface area contributed by atoms with E-state index in [2.05, 4.69) is 15.5 Å². The molecule has 1 amide bonds. The maximum atomic E-state index is 12.3. The number of methoxy groups -OCH3 is 1. The minimum Gasteiger partial charge on any atom is -0.495 e. The lowest BCUT2D eigenvalue weighted by Crippen LogP contribution is -2.30. The zero-order valence-electron chi connectivity index (χ0n) is 14.1. The van der Waals surface area contributed by atoms with Gasteiger partial charge in [0.1, 0.15) is 11.5 Å². The highest BCUT2D eigenvalue weighted by molar-refractivity contribution is 6.32. The average molecular weight is 374 g/mol. The van der Waals surface area contributed by atoms with Crippen LogP contribution in [0.4, 0.5) is 5.69 Å². The quantitative estimate of drug-likeness (QED) is 0.707. The van der Waals surface area contributed by atoms with Gasteiger partial charge in [-0.25, -0.2) is 0 Å². The van der Waals surface area contributed by atoms with Gasteiger partial charge in [-0.1, -0.05) is 11.6 Å². The second-order valence-corrected chi connectivity index (χ2v) is 5.77. The van der Waals surface area contributed by atoms with Crippen molar-refractivity contribution in [2.24, 2.45) is 0 Å². The Hall–Kier alpha value is -3.06. The number of aromatic nitrogens is 2. The summed E-state index contributed by atoms with van der Waals surface area (Å²) in [5.41, 5.74) is 1.32. The van der Waals surface area contributed by atoms with Crippen LogP contribution in [0.3, 0.4) is 0 Å². The number of rotatable bonds is 6. The number of hydrogen-bond donors (Lipinski definition) is 1. The highest BCUT2D eigenvalue weighted by atomic mass is 35.5. The molecule has 0 aliphatic heterocycles. The number of nitrogens with one attached hydrogen (secondary N) is 1. The van der Waals surface area contributed by atoms with E-state index >= 15 is 0 Å². The number of benzene rings is 2. The van der Waals surface area contributed by atoms with Crippen molar-refractivity contribution >= 4 is 23.2 Å². The number of carbonyl (C=O) groups excluding carboxylic acids is 1. The normalized spacial score (nSPS) is 11.7. The van der Waals surface area contributed by atoms with Crippen molar-refractivity contribution < 1.29 is 18.7 Å². The Bertz CT molecular complexity index is 882. The molecule has 0 spiro atoms. The summed E-state index contributed by atoms with van der Waals surface area (Å²) < 4.78 is 15.9. The predicted octanol–water partition coefficient (Wildman–Crippen LogP) is 3.80. The van der Waals surface area contributed by atoms with E-state index in [0.717, 1.165) is 5.56 Å². The molecule has 0 saturated carbocycles. The Morgan fingerprint density at radius 3 is 2.62 bits per heavy atom. The number of hydrogen-bond acceptors (Lipinski definition) is 6. The van der Waals surface area contributed by atoms with E-state index in [-0.39, 0.29) is 5.91 Å². The van der Waals surface area contributed by atoms with Crippen molar-refractivity contribution in [3.8, 4) is 23.0 Å². The highest BCUT2D eigenvalue weighted by Gasteiger charge is 2.16. The van der Waals surface area contributed by atoms with E-state index in [4.69, 9.17) is 25.5 Å². The standard InChI is InChI=1S/C18H16ClN3O4/c1-11(17(23)21-13-5-8-16(24-2)15(19)9-13)26-14-6-3-12(4-7-14)18-22-20-10-25-18/h3-11H,1-2H3,(H,21,23)/t11-/m0/s1. The van der Waals surface area contributed by atoms with Gasteiger partial charge in [0.15, 0.2) is 6.10 Å². The van der Waals surface area contributed by atoms with Gasteiger partial charge in [-0.2, -0.15) is 0 Å². The smallest absolute Gasteiger partial charge is 0.265 e. The maximum Gasteiger partial charge on any atom is 0.265 e. The van der Waals surface area contributed by atoms with Crippen LogP contribution >= 0.6 is 11.6 Å². The fourth-order valence-corrected chi connectivity index (χ4v) is 2.48. The molecule has 0 aliphatic carbocycles. The lowest BCUT2D eigenvalue weighted by Gasteiger charge is -2.15.